The van der Waals surface area contributed by atoms with Crippen LogP contribution in [-0.4, -0.2) is 25.8 Å². The van der Waals surface area contributed by atoms with Crippen molar-refractivity contribution in [3.63, 3.8) is 0 Å². The Labute approximate surface area is 90.8 Å². The first-order valence-corrected chi connectivity index (χ1v) is 5.27. The SMILES string of the molecule is CC(=O)c1cnn(-c2nnc(C)s2)c1C. The van der Waals surface area contributed by atoms with Crippen LogP contribution in [0, 0.1) is 13.8 Å². The number of ketones is 1. The average Bonchev–Trinajstić information content (AvgIpc) is 2.71. The van der Waals surface area contributed by atoms with Gasteiger partial charge in [0.25, 0.3) is 0 Å². The van der Waals surface area contributed by atoms with Crippen molar-refractivity contribution in [2.24, 2.45) is 0 Å². The molecule has 0 amide bonds. The predicted molar refractivity (Wildman–Crippen MR) is 56.5 cm³/mol. The summed E-state index contributed by atoms with van der Waals surface area (Å²) in [6, 6.07) is 0. The molecule has 0 spiro atoms. The third-order valence-electron chi connectivity index (χ3n) is 2.09. The van der Waals surface area contributed by atoms with Crippen LogP contribution in [-0.2, 0) is 0 Å². The van der Waals surface area contributed by atoms with Gasteiger partial charge in [0.05, 0.1) is 17.5 Å². The average molecular weight is 222 g/mol. The molecular formula is C9H10N4OS. The Hall–Kier alpha value is -1.56. The van der Waals surface area contributed by atoms with Gasteiger partial charge in [-0.3, -0.25) is 4.79 Å². The molecule has 78 valence electrons. The van der Waals surface area contributed by atoms with Gasteiger partial charge >= 0.3 is 0 Å². The van der Waals surface area contributed by atoms with Gasteiger partial charge in [0, 0.05) is 0 Å². The Morgan fingerprint density at radius 3 is 2.60 bits per heavy atom. The van der Waals surface area contributed by atoms with Gasteiger partial charge in [-0.1, -0.05) is 11.3 Å². The summed E-state index contributed by atoms with van der Waals surface area (Å²) in [7, 11) is 0. The monoisotopic (exact) mass is 222 g/mol. The molecular weight excluding hydrogens is 212 g/mol. The van der Waals surface area contributed by atoms with Gasteiger partial charge in [0.2, 0.25) is 5.13 Å². The first-order chi connectivity index (χ1) is 7.09. The van der Waals surface area contributed by atoms with Crippen molar-refractivity contribution in [2.45, 2.75) is 20.8 Å². The number of hydrogen-bond donors (Lipinski definition) is 0. The molecule has 6 heteroatoms. The number of hydrogen-bond acceptors (Lipinski definition) is 5. The third kappa shape index (κ3) is 1.68. The molecule has 0 aliphatic rings. The minimum absolute atomic E-state index is 0.0139. The maximum Gasteiger partial charge on any atom is 0.233 e. The molecule has 2 heterocycles. The standard InChI is InChI=1S/C9H10N4OS/c1-5-8(6(2)14)4-10-13(5)9-12-11-7(3)15-9/h4H,1-3H3. The summed E-state index contributed by atoms with van der Waals surface area (Å²) in [6.45, 7) is 5.26. The quantitative estimate of drug-likeness (QED) is 0.723. The summed E-state index contributed by atoms with van der Waals surface area (Å²) in [6.07, 6.45) is 1.56. The Morgan fingerprint density at radius 2 is 2.13 bits per heavy atom. The normalized spacial score (nSPS) is 10.6. The van der Waals surface area contributed by atoms with Crippen LogP contribution in [0.3, 0.4) is 0 Å². The highest BCUT2D eigenvalue weighted by molar-refractivity contribution is 7.13. The van der Waals surface area contributed by atoms with Crippen molar-refractivity contribution in [3.05, 3.63) is 22.5 Å². The Bertz CT molecular complexity index is 514. The number of carbonyl (C=O) groups excluding carboxylic acids is 1. The second-order valence-electron chi connectivity index (χ2n) is 3.22. The smallest absolute Gasteiger partial charge is 0.233 e. The molecule has 0 saturated heterocycles. The minimum Gasteiger partial charge on any atom is -0.294 e. The number of aryl methyl sites for hydroxylation is 1. The Balaban J connectivity index is 2.50. The molecule has 0 N–H and O–H groups in total. The van der Waals surface area contributed by atoms with E-state index >= 15 is 0 Å². The highest BCUT2D eigenvalue weighted by Gasteiger charge is 2.13. The van der Waals surface area contributed by atoms with E-state index in [0.29, 0.717) is 10.7 Å². The van der Waals surface area contributed by atoms with Crippen molar-refractivity contribution in [2.75, 3.05) is 0 Å². The molecule has 0 unspecified atom stereocenters. The van der Waals surface area contributed by atoms with Gasteiger partial charge in [-0.25, -0.2) is 4.68 Å². The van der Waals surface area contributed by atoms with Crippen LogP contribution in [0.25, 0.3) is 5.13 Å². The van der Waals surface area contributed by atoms with Gasteiger partial charge in [-0.2, -0.15) is 5.10 Å². The predicted octanol–water partition coefficient (Wildman–Crippen LogP) is 1.54. The molecule has 0 bridgehead atoms. The molecule has 2 aromatic rings. The molecule has 0 aliphatic heterocycles. The summed E-state index contributed by atoms with van der Waals surface area (Å²) in [5.74, 6) is 0.0139. The molecule has 0 saturated carbocycles. The van der Waals surface area contributed by atoms with Gasteiger partial charge in [0.1, 0.15) is 5.01 Å². The fourth-order valence-corrected chi connectivity index (χ4v) is 2.02. The van der Waals surface area contributed by atoms with Gasteiger partial charge in [0.15, 0.2) is 5.78 Å². The second kappa shape index (κ2) is 3.54. The maximum absolute atomic E-state index is 11.2. The van der Waals surface area contributed by atoms with Crippen LogP contribution in [0.4, 0.5) is 0 Å². The van der Waals surface area contributed by atoms with Crippen LogP contribution in [0.15, 0.2) is 6.20 Å². The lowest BCUT2D eigenvalue weighted by Crippen LogP contribution is -2.00. The number of nitrogens with zero attached hydrogens (tertiary/aromatic N) is 4. The van der Waals surface area contributed by atoms with E-state index in [1.807, 2.05) is 13.8 Å². The van der Waals surface area contributed by atoms with Crippen LogP contribution < -0.4 is 0 Å². The molecule has 0 aliphatic carbocycles. The Kier molecular flexibility index (Phi) is 2.36. The van der Waals surface area contributed by atoms with Crippen LogP contribution >= 0.6 is 11.3 Å². The van der Waals surface area contributed by atoms with Crippen molar-refractivity contribution in [1.29, 1.82) is 0 Å². The zero-order chi connectivity index (χ0) is 11.0. The molecule has 15 heavy (non-hydrogen) atoms. The highest BCUT2D eigenvalue weighted by atomic mass is 32.1. The lowest BCUT2D eigenvalue weighted by molar-refractivity contribution is 0.101. The first kappa shape index (κ1) is 9.97. The fourth-order valence-electron chi connectivity index (χ4n) is 1.32. The summed E-state index contributed by atoms with van der Waals surface area (Å²) in [5, 5.41) is 13.6. The zero-order valence-corrected chi connectivity index (χ0v) is 9.50. The summed E-state index contributed by atoms with van der Waals surface area (Å²) in [4.78, 5) is 11.2. The topological polar surface area (TPSA) is 60.7 Å². The van der Waals surface area contributed by atoms with Crippen molar-refractivity contribution >= 4 is 17.1 Å². The summed E-state index contributed by atoms with van der Waals surface area (Å²) >= 11 is 1.45. The van der Waals surface area contributed by atoms with Crippen molar-refractivity contribution in [1.82, 2.24) is 20.0 Å². The molecule has 5 nitrogen and oxygen atoms in total. The number of Topliss-reactive ketones (excluding diaryl/α,β-unsaturated/α-hetero) is 1. The molecule has 0 aromatic carbocycles. The molecule has 0 atom stereocenters. The summed E-state index contributed by atoms with van der Waals surface area (Å²) in [5.41, 5.74) is 1.43. The van der Waals surface area contributed by atoms with E-state index in [1.54, 1.807) is 10.9 Å². The lowest BCUT2D eigenvalue weighted by atomic mass is 10.2. The van der Waals surface area contributed by atoms with E-state index in [2.05, 4.69) is 15.3 Å². The molecule has 0 radical (unpaired) electrons. The summed E-state index contributed by atoms with van der Waals surface area (Å²) < 4.78 is 1.64. The van der Waals surface area contributed by atoms with Crippen molar-refractivity contribution in [3.8, 4) is 5.13 Å². The Morgan fingerprint density at radius 1 is 1.40 bits per heavy atom. The van der Waals surface area contributed by atoms with Gasteiger partial charge < -0.3 is 0 Å². The number of rotatable bonds is 2. The number of carbonyl (C=O) groups is 1. The molecule has 0 fully saturated rings. The van der Waals surface area contributed by atoms with E-state index in [4.69, 9.17) is 0 Å². The van der Waals surface area contributed by atoms with Crippen LogP contribution in [0.1, 0.15) is 28.0 Å². The largest absolute Gasteiger partial charge is 0.294 e. The minimum atomic E-state index is 0.0139. The van der Waals surface area contributed by atoms with Gasteiger partial charge in [-0.15, -0.1) is 10.2 Å². The van der Waals surface area contributed by atoms with E-state index in [0.717, 1.165) is 10.7 Å². The van der Waals surface area contributed by atoms with Crippen LogP contribution in [0.2, 0.25) is 0 Å². The first-order valence-electron chi connectivity index (χ1n) is 4.45. The third-order valence-corrected chi connectivity index (χ3v) is 2.90. The zero-order valence-electron chi connectivity index (χ0n) is 8.68. The van der Waals surface area contributed by atoms with E-state index in [9.17, 15) is 4.79 Å². The maximum atomic E-state index is 11.2. The number of aromatic nitrogens is 4. The van der Waals surface area contributed by atoms with E-state index < -0.39 is 0 Å². The second-order valence-corrected chi connectivity index (χ2v) is 4.38. The molecule has 2 aromatic heterocycles. The fraction of sp³-hybridized carbons (Fsp3) is 0.333. The molecule has 2 rings (SSSR count). The lowest BCUT2D eigenvalue weighted by Gasteiger charge is -1.97. The van der Waals surface area contributed by atoms with Crippen molar-refractivity contribution < 1.29 is 4.79 Å². The van der Waals surface area contributed by atoms with Crippen LogP contribution in [0.5, 0.6) is 0 Å². The van der Waals surface area contributed by atoms with E-state index in [1.165, 1.54) is 18.3 Å². The highest BCUT2D eigenvalue weighted by Crippen LogP contribution is 2.17. The van der Waals surface area contributed by atoms with E-state index in [-0.39, 0.29) is 5.78 Å². The van der Waals surface area contributed by atoms with Gasteiger partial charge in [-0.05, 0) is 20.8 Å².